The van der Waals surface area contributed by atoms with Crippen molar-refractivity contribution < 1.29 is 38.2 Å². The monoisotopic (exact) mass is 927 g/mol. The van der Waals surface area contributed by atoms with Crippen LogP contribution in [-0.2, 0) is 28.6 Å². The second-order valence-corrected chi connectivity index (χ2v) is 19.5. The fourth-order valence-corrected chi connectivity index (χ4v) is 7.96. The molecular weight excluding hydrogens is 823 g/mol. The summed E-state index contributed by atoms with van der Waals surface area (Å²) < 4.78 is 17.4. The highest BCUT2D eigenvalue weighted by Gasteiger charge is 2.31. The van der Waals surface area contributed by atoms with Crippen LogP contribution in [0.5, 0.6) is 0 Å². The van der Waals surface area contributed by atoms with Gasteiger partial charge in [-0.05, 0) is 77.0 Å². The van der Waals surface area contributed by atoms with E-state index in [0.29, 0.717) is 19.3 Å². The second kappa shape index (κ2) is 48.5. The van der Waals surface area contributed by atoms with Gasteiger partial charge in [-0.3, -0.25) is 9.59 Å². The molecule has 8 heteroatoms. The Morgan fingerprint density at radius 3 is 1.27 bits per heavy atom. The molecule has 0 saturated carbocycles. The number of carbonyl (C=O) groups is 3. The van der Waals surface area contributed by atoms with Crippen molar-refractivity contribution in [2.75, 3.05) is 41.0 Å². The average molecular weight is 927 g/mol. The number of hydrogen-bond acceptors (Lipinski definition) is 6. The van der Waals surface area contributed by atoms with Gasteiger partial charge in [0.1, 0.15) is 6.61 Å². The number of likely N-dealkylation sites (N-methyl/N-ethyl adjacent to an activating group) is 1. The van der Waals surface area contributed by atoms with Crippen molar-refractivity contribution in [3.05, 3.63) is 60.8 Å². The highest BCUT2D eigenvalue weighted by molar-refractivity contribution is 5.72. The summed E-state index contributed by atoms with van der Waals surface area (Å²) in [5.41, 5.74) is 0. The van der Waals surface area contributed by atoms with E-state index in [9.17, 15) is 19.5 Å². The molecule has 8 nitrogen and oxygen atoms in total. The van der Waals surface area contributed by atoms with E-state index in [1.165, 1.54) is 141 Å². The lowest BCUT2D eigenvalue weighted by Crippen LogP contribution is -2.50. The van der Waals surface area contributed by atoms with E-state index in [1.54, 1.807) is 0 Å². The zero-order valence-corrected chi connectivity index (χ0v) is 43.6. The van der Waals surface area contributed by atoms with E-state index < -0.39 is 18.1 Å². The van der Waals surface area contributed by atoms with E-state index in [-0.39, 0.29) is 36.2 Å². The molecule has 0 aromatic rings. The Labute approximate surface area is 407 Å². The van der Waals surface area contributed by atoms with Crippen molar-refractivity contribution in [1.82, 2.24) is 0 Å². The van der Waals surface area contributed by atoms with Crippen molar-refractivity contribution >= 4 is 17.9 Å². The Kier molecular flexibility index (Phi) is 46.3. The first-order chi connectivity index (χ1) is 32.1. The number of unbranched alkanes of at least 4 members (excludes halogenated alkanes) is 25. The van der Waals surface area contributed by atoms with Crippen LogP contribution in [0, 0.1) is 0 Å². The number of carboxylic acids is 1. The summed E-state index contributed by atoms with van der Waals surface area (Å²) in [6.45, 7) is 4.64. The molecule has 382 valence electrons. The molecular formula is C58H104NO7+. The largest absolute Gasteiger partial charge is 0.477 e. The average Bonchev–Trinajstić information content (AvgIpc) is 3.28. The number of hydrogen-bond donors (Lipinski definition) is 1. The number of nitrogens with zero attached hydrogens (tertiary/aromatic N) is 1. The highest BCUT2D eigenvalue weighted by Crippen LogP contribution is 2.16. The topological polar surface area (TPSA) is 99.1 Å². The van der Waals surface area contributed by atoms with Crippen LogP contribution in [0.15, 0.2) is 60.8 Å². The molecule has 0 radical (unpaired) electrons. The van der Waals surface area contributed by atoms with Gasteiger partial charge in [0.15, 0.2) is 12.1 Å². The Hall–Kier alpha value is -2.97. The maximum atomic E-state index is 12.8. The summed E-state index contributed by atoms with van der Waals surface area (Å²) in [6.07, 6.45) is 61.3. The smallest absolute Gasteiger partial charge is 0.362 e. The zero-order valence-electron chi connectivity index (χ0n) is 43.6. The van der Waals surface area contributed by atoms with Crippen LogP contribution in [0.4, 0.5) is 0 Å². The van der Waals surface area contributed by atoms with Crippen molar-refractivity contribution in [1.29, 1.82) is 0 Å². The number of aliphatic carboxylic acids is 1. The van der Waals surface area contributed by atoms with Crippen LogP contribution in [-0.4, -0.2) is 80.6 Å². The number of carbonyl (C=O) groups excluding carboxylic acids is 2. The van der Waals surface area contributed by atoms with Crippen molar-refractivity contribution in [2.45, 2.75) is 251 Å². The third kappa shape index (κ3) is 46.2. The summed E-state index contributed by atoms with van der Waals surface area (Å²) in [4.78, 5) is 37.2. The molecule has 2 unspecified atom stereocenters. The van der Waals surface area contributed by atoms with E-state index >= 15 is 0 Å². The fraction of sp³-hybridized carbons (Fsp3) is 0.776. The first-order valence-electron chi connectivity index (χ1n) is 27.3. The molecule has 0 saturated heterocycles. The lowest BCUT2D eigenvalue weighted by atomic mass is 10.1. The summed E-state index contributed by atoms with van der Waals surface area (Å²) in [7, 11) is 5.54. The van der Waals surface area contributed by atoms with E-state index in [4.69, 9.17) is 14.2 Å². The van der Waals surface area contributed by atoms with Crippen LogP contribution in [0.2, 0.25) is 0 Å². The molecule has 0 amide bonds. The lowest BCUT2D eigenvalue weighted by molar-refractivity contribution is -0.887. The van der Waals surface area contributed by atoms with Crippen LogP contribution >= 0.6 is 0 Å². The summed E-state index contributed by atoms with van der Waals surface area (Å²) in [6, 6.07) is -0.618. The molecule has 66 heavy (non-hydrogen) atoms. The summed E-state index contributed by atoms with van der Waals surface area (Å²) in [5, 5.41) is 9.67. The molecule has 0 aromatic carbocycles. The quantitative estimate of drug-likeness (QED) is 0.0281. The molecule has 1 N–H and O–H groups in total. The van der Waals surface area contributed by atoms with Gasteiger partial charge in [-0.2, -0.15) is 0 Å². The minimum absolute atomic E-state index is 0.0555. The van der Waals surface area contributed by atoms with Gasteiger partial charge < -0.3 is 23.8 Å². The van der Waals surface area contributed by atoms with Crippen LogP contribution in [0.3, 0.4) is 0 Å². The third-order valence-corrected chi connectivity index (χ3v) is 12.2. The zero-order chi connectivity index (χ0) is 48.4. The first-order valence-corrected chi connectivity index (χ1v) is 27.3. The van der Waals surface area contributed by atoms with Gasteiger partial charge in [-0.25, -0.2) is 4.79 Å². The third-order valence-electron chi connectivity index (χ3n) is 12.2. The molecule has 0 aromatic heterocycles. The van der Waals surface area contributed by atoms with Crippen molar-refractivity contribution in [2.24, 2.45) is 0 Å². The molecule has 0 fully saturated rings. The lowest BCUT2D eigenvalue weighted by Gasteiger charge is -2.31. The predicted octanol–water partition coefficient (Wildman–Crippen LogP) is 16.1. The van der Waals surface area contributed by atoms with Gasteiger partial charge in [0.25, 0.3) is 0 Å². The molecule has 0 aliphatic carbocycles. The van der Waals surface area contributed by atoms with Gasteiger partial charge in [0, 0.05) is 19.3 Å². The molecule has 0 rings (SSSR count). The highest BCUT2D eigenvalue weighted by atomic mass is 16.6. The Morgan fingerprint density at radius 2 is 0.848 bits per heavy atom. The molecule has 2 atom stereocenters. The van der Waals surface area contributed by atoms with E-state index in [1.807, 2.05) is 21.1 Å². The SMILES string of the molecule is CC/C=C/C/C=C/C/C=C/C/C=C/CCCCCCCCCCCCC(=O)OCC(COCCC(C(=O)O)[N+](C)(C)C)OC(=O)CCCCCCCCC/C=C/CCCCCCCCCC. The van der Waals surface area contributed by atoms with Gasteiger partial charge in [-0.15, -0.1) is 0 Å². The Morgan fingerprint density at radius 1 is 0.470 bits per heavy atom. The minimum Gasteiger partial charge on any atom is -0.477 e. The number of allylic oxidation sites excluding steroid dienone is 10. The minimum atomic E-state index is -0.875. The molecule has 0 bridgehead atoms. The summed E-state index contributed by atoms with van der Waals surface area (Å²) in [5.74, 6) is -1.47. The Balaban J connectivity index is 4.21. The van der Waals surface area contributed by atoms with E-state index in [2.05, 4.69) is 74.6 Å². The van der Waals surface area contributed by atoms with Crippen molar-refractivity contribution in [3.8, 4) is 0 Å². The number of ether oxygens (including phenoxy) is 3. The van der Waals surface area contributed by atoms with Crippen LogP contribution in [0.25, 0.3) is 0 Å². The molecule has 0 heterocycles. The molecule has 0 aliphatic heterocycles. The maximum absolute atomic E-state index is 12.8. The van der Waals surface area contributed by atoms with Gasteiger partial charge in [0.05, 0.1) is 34.4 Å². The molecule has 0 aliphatic rings. The molecule has 0 spiro atoms. The summed E-state index contributed by atoms with van der Waals surface area (Å²) >= 11 is 0. The van der Waals surface area contributed by atoms with Gasteiger partial charge in [0.2, 0.25) is 0 Å². The number of quaternary nitrogens is 1. The standard InChI is InChI=1S/C58H103NO7/c1-6-8-10-12-14-16-18-20-22-24-26-27-28-29-31-32-34-36-38-40-42-44-46-48-56(60)65-53-54(52-64-51-50-55(58(62)63)59(3,4)5)66-57(61)49-47-45-43-41-39-37-35-33-30-25-23-21-19-17-15-13-11-9-7-2/h8,10,14,16,20,22,25-27,30,54-55H,6-7,9,11-13,15,17-19,21,23-24,28-29,31-53H2,1-5H3/p+1/b10-8+,16-14+,22-20+,27-26+,30-25+. The number of carboxylic acid groups (broad SMARTS) is 1. The first kappa shape index (κ1) is 63.0. The Bertz CT molecular complexity index is 1260. The van der Waals surface area contributed by atoms with Gasteiger partial charge in [-0.1, -0.05) is 203 Å². The normalized spacial score (nSPS) is 13.3. The van der Waals surface area contributed by atoms with Crippen LogP contribution in [0.1, 0.15) is 239 Å². The number of rotatable bonds is 49. The van der Waals surface area contributed by atoms with Crippen LogP contribution < -0.4 is 0 Å². The maximum Gasteiger partial charge on any atom is 0.362 e. The second-order valence-electron chi connectivity index (χ2n) is 19.5. The fourth-order valence-electron chi connectivity index (χ4n) is 7.96. The van der Waals surface area contributed by atoms with Gasteiger partial charge >= 0.3 is 17.9 Å². The van der Waals surface area contributed by atoms with E-state index in [0.717, 1.165) is 64.2 Å². The van der Waals surface area contributed by atoms with Crippen molar-refractivity contribution in [3.63, 3.8) is 0 Å². The predicted molar refractivity (Wildman–Crippen MR) is 280 cm³/mol. The number of esters is 2.